The lowest BCUT2D eigenvalue weighted by Crippen LogP contribution is -2.38. The maximum Gasteiger partial charge on any atom is 0.260 e. The van der Waals surface area contributed by atoms with E-state index in [9.17, 15) is 4.79 Å². The maximum atomic E-state index is 13.8. The van der Waals surface area contributed by atoms with E-state index in [2.05, 4.69) is 18.7 Å². The van der Waals surface area contributed by atoms with Crippen LogP contribution in [0.1, 0.15) is 24.2 Å². The second-order valence-corrected chi connectivity index (χ2v) is 9.40. The van der Waals surface area contributed by atoms with Gasteiger partial charge >= 0.3 is 0 Å². The number of fused-ring (bicyclic) bond motifs is 2. The molecule has 0 unspecified atom stereocenters. The normalized spacial score (nSPS) is 12.6. The van der Waals surface area contributed by atoms with Gasteiger partial charge in [-0.1, -0.05) is 49.4 Å². The number of aromatic nitrogens is 1. The van der Waals surface area contributed by atoms with Crippen LogP contribution in [0.15, 0.2) is 66.7 Å². The Morgan fingerprint density at radius 1 is 0.917 bits per heavy atom. The van der Waals surface area contributed by atoms with Crippen molar-refractivity contribution in [3.63, 3.8) is 0 Å². The molecule has 1 aromatic heterocycles. The number of rotatable bonds is 9. The van der Waals surface area contributed by atoms with Crippen LogP contribution in [-0.2, 0) is 0 Å². The molecule has 7 nitrogen and oxygen atoms in total. The van der Waals surface area contributed by atoms with E-state index in [1.165, 1.54) is 11.3 Å². The quantitative estimate of drug-likeness (QED) is 0.286. The second kappa shape index (κ2) is 11.0. The third-order valence-electron chi connectivity index (χ3n) is 6.11. The van der Waals surface area contributed by atoms with Crippen molar-refractivity contribution >= 4 is 32.6 Å². The monoisotopic (exact) mass is 503 g/mol. The predicted molar refractivity (Wildman–Crippen MR) is 143 cm³/mol. The minimum absolute atomic E-state index is 0.114. The number of carbonyl (C=O) groups excluding carboxylic acids is 1. The zero-order valence-electron chi connectivity index (χ0n) is 20.5. The first-order chi connectivity index (χ1) is 17.6. The van der Waals surface area contributed by atoms with E-state index in [1.807, 2.05) is 60.7 Å². The van der Waals surface area contributed by atoms with Gasteiger partial charge in [0.15, 0.2) is 16.6 Å². The lowest BCUT2D eigenvalue weighted by Gasteiger charge is -2.25. The van der Waals surface area contributed by atoms with Crippen LogP contribution in [0, 0.1) is 0 Å². The smallest absolute Gasteiger partial charge is 0.260 e. The average molecular weight is 504 g/mol. The summed E-state index contributed by atoms with van der Waals surface area (Å²) >= 11 is 1.48. The van der Waals surface area contributed by atoms with Gasteiger partial charge in [0.25, 0.3) is 5.91 Å². The molecule has 3 aromatic carbocycles. The molecular weight excluding hydrogens is 474 g/mol. The number of nitrogens with zero attached hydrogens (tertiary/aromatic N) is 3. The molecule has 1 aliphatic heterocycles. The highest BCUT2D eigenvalue weighted by molar-refractivity contribution is 7.22. The molecule has 0 atom stereocenters. The van der Waals surface area contributed by atoms with Crippen LogP contribution >= 0.6 is 11.3 Å². The van der Waals surface area contributed by atoms with Crippen LogP contribution in [-0.4, -0.2) is 55.2 Å². The number of hydrogen-bond donors (Lipinski definition) is 0. The number of hydrogen-bond acceptors (Lipinski definition) is 7. The molecule has 5 rings (SSSR count). The van der Waals surface area contributed by atoms with Crippen molar-refractivity contribution in [2.75, 3.05) is 44.3 Å². The van der Waals surface area contributed by atoms with Gasteiger partial charge in [-0.05, 0) is 43.4 Å². The lowest BCUT2D eigenvalue weighted by atomic mass is 10.2. The maximum absolute atomic E-state index is 13.8. The Labute approximate surface area is 214 Å². The molecule has 0 saturated carbocycles. The number of anilines is 1. The van der Waals surface area contributed by atoms with Crippen molar-refractivity contribution < 1.29 is 19.0 Å². The number of ether oxygens (including phenoxy) is 3. The Kier molecular flexibility index (Phi) is 7.34. The minimum Gasteiger partial charge on any atom is -0.486 e. The zero-order valence-corrected chi connectivity index (χ0v) is 21.3. The zero-order chi connectivity index (χ0) is 24.9. The first-order valence-corrected chi connectivity index (χ1v) is 13.0. The summed E-state index contributed by atoms with van der Waals surface area (Å²) in [6.45, 7) is 8.41. The summed E-state index contributed by atoms with van der Waals surface area (Å²) in [4.78, 5) is 22.7. The third-order valence-corrected chi connectivity index (χ3v) is 7.15. The van der Waals surface area contributed by atoms with Gasteiger partial charge in [0.2, 0.25) is 0 Å². The number of benzene rings is 3. The molecule has 186 valence electrons. The highest BCUT2D eigenvalue weighted by atomic mass is 32.1. The highest BCUT2D eigenvalue weighted by Crippen LogP contribution is 2.39. The summed E-state index contributed by atoms with van der Waals surface area (Å²) < 4.78 is 18.4. The molecule has 0 spiro atoms. The predicted octanol–water partition coefficient (Wildman–Crippen LogP) is 5.85. The molecule has 0 fully saturated rings. The van der Waals surface area contributed by atoms with Gasteiger partial charge in [0.05, 0.1) is 10.2 Å². The summed E-state index contributed by atoms with van der Waals surface area (Å²) in [5.41, 5.74) is 1.34. The van der Waals surface area contributed by atoms with Crippen molar-refractivity contribution in [1.29, 1.82) is 0 Å². The Morgan fingerprint density at radius 3 is 2.39 bits per heavy atom. The van der Waals surface area contributed by atoms with Crippen LogP contribution < -0.4 is 19.1 Å². The average Bonchev–Trinajstić information content (AvgIpc) is 3.32. The molecule has 2 heterocycles. The van der Waals surface area contributed by atoms with Crippen molar-refractivity contribution in [1.82, 2.24) is 9.88 Å². The number of carbonyl (C=O) groups is 1. The Balaban J connectivity index is 1.46. The number of amides is 1. The fourth-order valence-corrected chi connectivity index (χ4v) is 5.11. The molecule has 0 saturated heterocycles. The van der Waals surface area contributed by atoms with Gasteiger partial charge in [-0.25, -0.2) is 4.98 Å². The van der Waals surface area contributed by atoms with Crippen LogP contribution in [0.25, 0.3) is 10.2 Å². The molecule has 1 aliphatic rings. The van der Waals surface area contributed by atoms with Crippen LogP contribution in [0.2, 0.25) is 0 Å². The molecule has 0 bridgehead atoms. The van der Waals surface area contributed by atoms with Crippen molar-refractivity contribution in [3.8, 4) is 23.0 Å². The SMILES string of the molecule is CCN(CC)CCN(C(=O)c1cccc(Oc2ccccc2)c1)c1nc2cc3c(cc2s1)OCCO3. The van der Waals surface area contributed by atoms with E-state index in [-0.39, 0.29) is 5.91 Å². The topological polar surface area (TPSA) is 64.1 Å². The fourth-order valence-electron chi connectivity index (χ4n) is 4.11. The first kappa shape index (κ1) is 24.1. The van der Waals surface area contributed by atoms with Crippen LogP contribution in [0.3, 0.4) is 0 Å². The lowest BCUT2D eigenvalue weighted by molar-refractivity contribution is 0.0983. The molecule has 0 N–H and O–H groups in total. The summed E-state index contributed by atoms with van der Waals surface area (Å²) in [7, 11) is 0. The van der Waals surface area contributed by atoms with Crippen LogP contribution in [0.4, 0.5) is 5.13 Å². The molecule has 0 radical (unpaired) electrons. The molecule has 4 aromatic rings. The van der Waals surface area contributed by atoms with E-state index in [4.69, 9.17) is 19.2 Å². The molecular formula is C28H29N3O4S. The largest absolute Gasteiger partial charge is 0.486 e. The molecule has 1 amide bonds. The Bertz CT molecular complexity index is 1290. The number of thiazole rings is 1. The molecule has 8 heteroatoms. The first-order valence-electron chi connectivity index (χ1n) is 12.2. The highest BCUT2D eigenvalue weighted by Gasteiger charge is 2.24. The van der Waals surface area contributed by atoms with Gasteiger partial charge in [0, 0.05) is 30.8 Å². The summed E-state index contributed by atoms with van der Waals surface area (Å²) in [6.07, 6.45) is 0. The second-order valence-electron chi connectivity index (χ2n) is 8.39. The Hall–Kier alpha value is -3.62. The number of likely N-dealkylation sites (N-methyl/N-ethyl adjacent to an activating group) is 1. The van der Waals surface area contributed by atoms with Gasteiger partial charge in [-0.3, -0.25) is 9.69 Å². The third kappa shape index (κ3) is 5.29. The van der Waals surface area contributed by atoms with Gasteiger partial charge < -0.3 is 19.1 Å². The van der Waals surface area contributed by atoms with Crippen molar-refractivity contribution in [2.24, 2.45) is 0 Å². The summed E-state index contributed by atoms with van der Waals surface area (Å²) in [5.74, 6) is 2.63. The number of para-hydroxylation sites is 1. The van der Waals surface area contributed by atoms with Gasteiger partial charge in [-0.15, -0.1) is 0 Å². The van der Waals surface area contributed by atoms with Crippen molar-refractivity contribution in [2.45, 2.75) is 13.8 Å². The van der Waals surface area contributed by atoms with Crippen LogP contribution in [0.5, 0.6) is 23.0 Å². The standard InChI is InChI=1S/C28H29N3O4S/c1-3-30(4-2)13-14-31(28-29-23-18-24-25(19-26(23)36-28)34-16-15-33-24)27(32)20-9-8-12-22(17-20)35-21-10-6-5-7-11-21/h5-12,17-19H,3-4,13-16H2,1-2H3. The van der Waals surface area contributed by atoms with E-state index >= 15 is 0 Å². The van der Waals surface area contributed by atoms with Gasteiger partial charge in [0.1, 0.15) is 24.7 Å². The minimum atomic E-state index is -0.114. The summed E-state index contributed by atoms with van der Waals surface area (Å²) in [6, 6.07) is 20.7. The summed E-state index contributed by atoms with van der Waals surface area (Å²) in [5, 5.41) is 0.652. The van der Waals surface area contributed by atoms with E-state index < -0.39 is 0 Å². The Morgan fingerprint density at radius 2 is 1.64 bits per heavy atom. The van der Waals surface area contributed by atoms with E-state index in [0.29, 0.717) is 42.0 Å². The molecule has 36 heavy (non-hydrogen) atoms. The molecule has 0 aliphatic carbocycles. The van der Waals surface area contributed by atoms with E-state index in [1.54, 1.807) is 11.0 Å². The van der Waals surface area contributed by atoms with Crippen molar-refractivity contribution in [3.05, 3.63) is 72.3 Å². The fraction of sp³-hybridized carbons (Fsp3) is 0.286. The van der Waals surface area contributed by atoms with E-state index in [0.717, 1.165) is 41.3 Å². The van der Waals surface area contributed by atoms with Gasteiger partial charge in [-0.2, -0.15) is 0 Å².